The summed E-state index contributed by atoms with van der Waals surface area (Å²) >= 11 is 0. The molecule has 3 amide bonds. The van der Waals surface area contributed by atoms with Crippen LogP contribution in [0.25, 0.3) is 0 Å². The van der Waals surface area contributed by atoms with Gasteiger partial charge in [-0.1, -0.05) is 0 Å². The molecule has 8 nitrogen and oxygen atoms in total. The molecule has 0 N–H and O–H groups in total. The summed E-state index contributed by atoms with van der Waals surface area (Å²) in [4.78, 5) is 36.3. The third-order valence-corrected chi connectivity index (χ3v) is 5.90. The molecule has 0 spiro atoms. The number of likely N-dealkylation sites (tertiary alicyclic amines) is 2. The fourth-order valence-corrected chi connectivity index (χ4v) is 4.12. The lowest BCUT2D eigenvalue weighted by Crippen LogP contribution is -2.57. The number of aliphatic imine (C=N–C) groups is 1. The normalized spacial score (nSPS) is 29.5. The molecule has 3 saturated heterocycles. The number of rotatable bonds is 2. The lowest BCUT2D eigenvalue weighted by Gasteiger charge is -2.41. The number of carbonyl (C=O) groups excluding carboxylic acids is 2. The molecule has 3 aliphatic rings. The van der Waals surface area contributed by atoms with Gasteiger partial charge in [0.25, 0.3) is 5.91 Å². The maximum atomic E-state index is 12.2. The van der Waals surface area contributed by atoms with Crippen LogP contribution in [0.1, 0.15) is 25.7 Å². The Labute approximate surface area is 155 Å². The Morgan fingerprint density at radius 1 is 0.962 bits per heavy atom. The van der Waals surface area contributed by atoms with Crippen LogP contribution in [0, 0.1) is 17.2 Å². The summed E-state index contributed by atoms with van der Waals surface area (Å²) in [6, 6.07) is 2.30. The summed E-state index contributed by atoms with van der Waals surface area (Å²) in [7, 11) is 5.16. The highest BCUT2D eigenvalue weighted by Gasteiger charge is 2.41. The van der Waals surface area contributed by atoms with Gasteiger partial charge >= 0.3 is 6.03 Å². The Balaban J connectivity index is 1.64. The smallest absolute Gasteiger partial charge is 0.306 e. The van der Waals surface area contributed by atoms with Crippen molar-refractivity contribution in [1.29, 1.82) is 5.26 Å². The molecular formula is C18H28N6O2. The van der Waals surface area contributed by atoms with E-state index in [1.165, 1.54) is 24.8 Å². The molecule has 0 saturated carbocycles. The third-order valence-electron chi connectivity index (χ3n) is 5.90. The van der Waals surface area contributed by atoms with Crippen LogP contribution in [0.15, 0.2) is 4.99 Å². The first-order chi connectivity index (χ1) is 12.4. The van der Waals surface area contributed by atoms with Gasteiger partial charge < -0.3 is 9.80 Å². The van der Waals surface area contributed by atoms with Gasteiger partial charge in [0.1, 0.15) is 5.84 Å². The van der Waals surface area contributed by atoms with Crippen LogP contribution < -0.4 is 0 Å². The molecule has 142 valence electrons. The van der Waals surface area contributed by atoms with Crippen molar-refractivity contribution < 1.29 is 9.59 Å². The van der Waals surface area contributed by atoms with E-state index in [9.17, 15) is 14.9 Å². The van der Waals surface area contributed by atoms with E-state index in [1.54, 1.807) is 7.05 Å². The van der Waals surface area contributed by atoms with Gasteiger partial charge in [-0.05, 0) is 45.8 Å². The average molecular weight is 360 g/mol. The second kappa shape index (κ2) is 7.72. The number of nitriles is 1. The molecule has 26 heavy (non-hydrogen) atoms. The minimum Gasteiger partial charge on any atom is -0.306 e. The van der Waals surface area contributed by atoms with Crippen LogP contribution in [0.4, 0.5) is 4.79 Å². The first-order valence-electron chi connectivity index (χ1n) is 9.37. The van der Waals surface area contributed by atoms with Gasteiger partial charge in [-0.15, -0.1) is 0 Å². The molecule has 8 heteroatoms. The number of hydrogen-bond donors (Lipinski definition) is 0. The Hall–Kier alpha value is -1.98. The zero-order valence-corrected chi connectivity index (χ0v) is 15.9. The van der Waals surface area contributed by atoms with Crippen molar-refractivity contribution in [1.82, 2.24) is 19.6 Å². The fourth-order valence-electron chi connectivity index (χ4n) is 4.12. The maximum absolute atomic E-state index is 12.2. The number of amides is 3. The highest BCUT2D eigenvalue weighted by atomic mass is 16.2. The summed E-state index contributed by atoms with van der Waals surface area (Å²) in [6.07, 6.45) is 4.23. The Morgan fingerprint density at radius 3 is 2.15 bits per heavy atom. The molecule has 0 bridgehead atoms. The van der Waals surface area contributed by atoms with Crippen LogP contribution >= 0.6 is 0 Å². The van der Waals surface area contributed by atoms with E-state index in [-0.39, 0.29) is 6.04 Å². The predicted octanol–water partition coefficient (Wildman–Crippen LogP) is 0.607. The molecular weight excluding hydrogens is 332 g/mol. The van der Waals surface area contributed by atoms with Crippen LogP contribution in [-0.2, 0) is 4.79 Å². The molecule has 0 aromatic heterocycles. The molecule has 3 heterocycles. The van der Waals surface area contributed by atoms with Crippen LogP contribution in [0.3, 0.4) is 0 Å². The van der Waals surface area contributed by atoms with Crippen molar-refractivity contribution in [2.45, 2.75) is 37.8 Å². The summed E-state index contributed by atoms with van der Waals surface area (Å²) in [5.41, 5.74) is 0. The first kappa shape index (κ1) is 18.8. The molecule has 3 fully saturated rings. The lowest BCUT2D eigenvalue weighted by atomic mass is 9.98. The average Bonchev–Trinajstić information content (AvgIpc) is 2.66. The van der Waals surface area contributed by atoms with Gasteiger partial charge in [0.15, 0.2) is 5.92 Å². The topological polar surface area (TPSA) is 83.2 Å². The largest absolute Gasteiger partial charge is 0.331 e. The highest BCUT2D eigenvalue weighted by molar-refractivity contribution is 6.19. The molecule has 3 aliphatic heterocycles. The molecule has 0 aliphatic carbocycles. The van der Waals surface area contributed by atoms with E-state index in [1.807, 2.05) is 6.07 Å². The van der Waals surface area contributed by atoms with Crippen molar-refractivity contribution >= 4 is 17.8 Å². The zero-order valence-electron chi connectivity index (χ0n) is 15.9. The van der Waals surface area contributed by atoms with Crippen LogP contribution in [-0.4, -0.2) is 96.8 Å². The second-order valence-electron chi connectivity index (χ2n) is 7.59. The molecule has 0 aromatic carbocycles. The monoisotopic (exact) mass is 360 g/mol. The third kappa shape index (κ3) is 3.60. The highest BCUT2D eigenvalue weighted by Crippen LogP contribution is 2.24. The van der Waals surface area contributed by atoms with Crippen molar-refractivity contribution in [2.75, 3.05) is 47.3 Å². The number of imide groups is 1. The van der Waals surface area contributed by atoms with Crippen molar-refractivity contribution in [2.24, 2.45) is 10.9 Å². The predicted molar refractivity (Wildman–Crippen MR) is 97.6 cm³/mol. The molecule has 0 aromatic rings. The van der Waals surface area contributed by atoms with E-state index < -0.39 is 17.9 Å². The van der Waals surface area contributed by atoms with Crippen molar-refractivity contribution in [3.8, 4) is 6.07 Å². The van der Waals surface area contributed by atoms with Gasteiger partial charge in [-0.2, -0.15) is 5.26 Å². The van der Waals surface area contributed by atoms with Crippen LogP contribution in [0.5, 0.6) is 0 Å². The standard InChI is InChI=1S/C18H28N6O2/c1-21-8-6-14(7-9-21)24-10-4-13(5-11-24)20-16-15(12-19)17(25)23(3)18(26)22(16)2/h13-15H,4-11H2,1-3H3. The maximum Gasteiger partial charge on any atom is 0.331 e. The van der Waals surface area contributed by atoms with Crippen molar-refractivity contribution in [3.05, 3.63) is 0 Å². The van der Waals surface area contributed by atoms with E-state index in [0.717, 1.165) is 43.9 Å². The Bertz CT molecular complexity index is 626. The summed E-state index contributed by atoms with van der Waals surface area (Å²) in [5.74, 6) is -1.17. The summed E-state index contributed by atoms with van der Waals surface area (Å²) < 4.78 is 0. The van der Waals surface area contributed by atoms with Crippen LogP contribution in [0.2, 0.25) is 0 Å². The number of carbonyl (C=O) groups is 2. The number of urea groups is 1. The van der Waals surface area contributed by atoms with Gasteiger partial charge in [0.05, 0.1) is 12.1 Å². The summed E-state index contributed by atoms with van der Waals surface area (Å²) in [6.45, 7) is 4.27. The fraction of sp³-hybridized carbons (Fsp3) is 0.778. The second-order valence-corrected chi connectivity index (χ2v) is 7.59. The molecule has 3 rings (SSSR count). The van der Waals surface area contributed by atoms with Gasteiger partial charge in [-0.25, -0.2) is 4.79 Å². The summed E-state index contributed by atoms with van der Waals surface area (Å²) in [5, 5.41) is 9.39. The first-order valence-corrected chi connectivity index (χ1v) is 9.37. The van der Waals surface area contributed by atoms with Gasteiger partial charge in [0, 0.05) is 33.2 Å². The minimum absolute atomic E-state index is 0.0646. The zero-order chi connectivity index (χ0) is 18.8. The van der Waals surface area contributed by atoms with E-state index in [0.29, 0.717) is 11.9 Å². The lowest BCUT2D eigenvalue weighted by molar-refractivity contribution is -0.129. The SMILES string of the molecule is CN1CCC(N2CCC(N=C3C(C#N)C(=O)N(C)C(=O)N3C)CC2)CC1. The number of nitrogens with zero attached hydrogens (tertiary/aromatic N) is 6. The number of amidine groups is 1. The van der Waals surface area contributed by atoms with E-state index in [4.69, 9.17) is 0 Å². The Kier molecular flexibility index (Phi) is 5.58. The quantitative estimate of drug-likeness (QED) is 0.720. The van der Waals surface area contributed by atoms with E-state index in [2.05, 4.69) is 21.8 Å². The van der Waals surface area contributed by atoms with Gasteiger partial charge in [-0.3, -0.25) is 19.6 Å². The van der Waals surface area contributed by atoms with E-state index >= 15 is 0 Å². The number of piperidine rings is 2. The molecule has 0 radical (unpaired) electrons. The van der Waals surface area contributed by atoms with Crippen molar-refractivity contribution in [3.63, 3.8) is 0 Å². The molecule has 1 atom stereocenters. The minimum atomic E-state index is -0.991. The Morgan fingerprint density at radius 2 is 1.58 bits per heavy atom. The number of hydrogen-bond acceptors (Lipinski definition) is 6. The molecule has 1 unspecified atom stereocenters. The van der Waals surface area contributed by atoms with Gasteiger partial charge in [0.2, 0.25) is 0 Å².